The van der Waals surface area contributed by atoms with Crippen molar-refractivity contribution < 1.29 is 5.11 Å². The number of benzene rings is 1. The zero-order chi connectivity index (χ0) is 15.0. The Bertz CT molecular complexity index is 665. The minimum Gasteiger partial charge on any atom is -0.395 e. The highest BCUT2D eigenvalue weighted by Gasteiger charge is 2.37. The Hall–Kier alpha value is -1.32. The van der Waals surface area contributed by atoms with E-state index in [4.69, 9.17) is 11.6 Å². The van der Waals surface area contributed by atoms with Crippen molar-refractivity contribution in [3.8, 4) is 0 Å². The SMILES string of the molecule is Cc1nn(C)c(CC2(CO)CCCc3ccccc32)c1Cl. The number of aliphatic hydroxyl groups is 1. The van der Waals surface area contributed by atoms with Crippen molar-refractivity contribution in [2.24, 2.45) is 7.05 Å². The molecule has 0 saturated heterocycles. The molecule has 112 valence electrons. The van der Waals surface area contributed by atoms with Crippen molar-refractivity contribution in [1.82, 2.24) is 9.78 Å². The number of aliphatic hydroxyl groups excluding tert-OH is 1. The third-order valence-electron chi connectivity index (χ3n) is 4.76. The molecule has 0 amide bonds. The number of fused-ring (bicyclic) bond motifs is 1. The van der Waals surface area contributed by atoms with Crippen LogP contribution < -0.4 is 0 Å². The number of halogens is 1. The maximum absolute atomic E-state index is 10.2. The summed E-state index contributed by atoms with van der Waals surface area (Å²) in [5, 5.41) is 15.3. The van der Waals surface area contributed by atoms with E-state index in [1.165, 1.54) is 11.1 Å². The van der Waals surface area contributed by atoms with Crippen LogP contribution in [0.5, 0.6) is 0 Å². The summed E-state index contributed by atoms with van der Waals surface area (Å²) in [5.41, 5.74) is 4.26. The molecule has 1 aliphatic carbocycles. The lowest BCUT2D eigenvalue weighted by Gasteiger charge is -2.38. The molecule has 1 heterocycles. The van der Waals surface area contributed by atoms with E-state index in [2.05, 4.69) is 29.4 Å². The average molecular weight is 305 g/mol. The van der Waals surface area contributed by atoms with E-state index in [1.807, 2.05) is 18.7 Å². The van der Waals surface area contributed by atoms with E-state index >= 15 is 0 Å². The molecule has 0 aliphatic heterocycles. The molecule has 21 heavy (non-hydrogen) atoms. The van der Waals surface area contributed by atoms with Crippen LogP contribution in [-0.2, 0) is 25.3 Å². The molecular weight excluding hydrogens is 284 g/mol. The van der Waals surface area contributed by atoms with Crippen molar-refractivity contribution in [3.63, 3.8) is 0 Å². The van der Waals surface area contributed by atoms with E-state index in [0.717, 1.165) is 42.1 Å². The predicted molar refractivity (Wildman–Crippen MR) is 84.8 cm³/mol. The first-order chi connectivity index (χ1) is 10.1. The van der Waals surface area contributed by atoms with E-state index in [1.54, 1.807) is 0 Å². The lowest BCUT2D eigenvalue weighted by molar-refractivity contribution is 0.171. The van der Waals surface area contributed by atoms with Crippen LogP contribution in [0.2, 0.25) is 5.02 Å². The second-order valence-electron chi connectivity index (χ2n) is 6.10. The van der Waals surface area contributed by atoms with Crippen LogP contribution in [0.15, 0.2) is 24.3 Å². The average Bonchev–Trinajstić information content (AvgIpc) is 2.74. The van der Waals surface area contributed by atoms with Gasteiger partial charge in [-0.2, -0.15) is 5.10 Å². The molecule has 1 unspecified atom stereocenters. The molecule has 1 aliphatic rings. The van der Waals surface area contributed by atoms with Crippen LogP contribution in [0, 0.1) is 6.92 Å². The largest absolute Gasteiger partial charge is 0.395 e. The predicted octanol–water partition coefficient (Wildman–Crippen LogP) is 3.19. The lowest BCUT2D eigenvalue weighted by Crippen LogP contribution is -2.37. The van der Waals surface area contributed by atoms with Crippen LogP contribution in [0.25, 0.3) is 0 Å². The van der Waals surface area contributed by atoms with E-state index < -0.39 is 0 Å². The van der Waals surface area contributed by atoms with Gasteiger partial charge >= 0.3 is 0 Å². The maximum atomic E-state index is 10.2. The number of rotatable bonds is 3. The highest BCUT2D eigenvalue weighted by molar-refractivity contribution is 6.31. The van der Waals surface area contributed by atoms with Crippen LogP contribution in [0.4, 0.5) is 0 Å². The Morgan fingerprint density at radius 1 is 1.38 bits per heavy atom. The van der Waals surface area contributed by atoms with Gasteiger partial charge in [-0.1, -0.05) is 35.9 Å². The zero-order valence-corrected chi connectivity index (χ0v) is 13.3. The van der Waals surface area contributed by atoms with Crippen LogP contribution in [0.3, 0.4) is 0 Å². The molecule has 3 rings (SSSR count). The minimum atomic E-state index is -0.237. The number of aryl methyl sites for hydroxylation is 3. The Morgan fingerprint density at radius 2 is 2.14 bits per heavy atom. The topological polar surface area (TPSA) is 38.0 Å². The van der Waals surface area contributed by atoms with Gasteiger partial charge in [0.15, 0.2) is 0 Å². The van der Waals surface area contributed by atoms with Gasteiger partial charge in [-0.05, 0) is 37.3 Å². The Labute approximate surface area is 130 Å². The summed E-state index contributed by atoms with van der Waals surface area (Å²) in [6.07, 6.45) is 3.92. The molecule has 2 aromatic rings. The van der Waals surface area contributed by atoms with E-state index in [-0.39, 0.29) is 12.0 Å². The molecule has 4 heteroatoms. The smallest absolute Gasteiger partial charge is 0.0847 e. The minimum absolute atomic E-state index is 0.143. The highest BCUT2D eigenvalue weighted by Crippen LogP contribution is 2.41. The first-order valence-electron chi connectivity index (χ1n) is 7.44. The number of aromatic nitrogens is 2. The molecule has 0 bridgehead atoms. The standard InChI is InChI=1S/C17H21ClN2O/c1-12-16(18)15(20(2)19-12)10-17(11-21)9-5-7-13-6-3-4-8-14(13)17/h3-4,6,8,21H,5,7,9-11H2,1-2H3. The molecule has 0 spiro atoms. The Morgan fingerprint density at radius 3 is 2.81 bits per heavy atom. The van der Waals surface area contributed by atoms with Crippen molar-refractivity contribution in [3.05, 3.63) is 51.8 Å². The summed E-state index contributed by atoms with van der Waals surface area (Å²) in [7, 11) is 1.92. The summed E-state index contributed by atoms with van der Waals surface area (Å²) in [6, 6.07) is 8.47. The second kappa shape index (κ2) is 5.47. The summed E-state index contributed by atoms with van der Waals surface area (Å²) in [4.78, 5) is 0. The van der Waals surface area contributed by atoms with Crippen molar-refractivity contribution in [1.29, 1.82) is 0 Å². The Balaban J connectivity index is 2.06. The van der Waals surface area contributed by atoms with Gasteiger partial charge in [-0.15, -0.1) is 0 Å². The Kier molecular flexibility index (Phi) is 3.80. The molecule has 0 saturated carbocycles. The van der Waals surface area contributed by atoms with Gasteiger partial charge in [-0.25, -0.2) is 0 Å². The fraction of sp³-hybridized carbons (Fsp3) is 0.471. The molecule has 1 aromatic carbocycles. The first-order valence-corrected chi connectivity index (χ1v) is 7.82. The van der Waals surface area contributed by atoms with Crippen LogP contribution >= 0.6 is 11.6 Å². The molecule has 1 aromatic heterocycles. The van der Waals surface area contributed by atoms with Crippen molar-refractivity contribution in [2.75, 3.05) is 6.61 Å². The quantitative estimate of drug-likeness (QED) is 0.945. The molecule has 3 nitrogen and oxygen atoms in total. The van der Waals surface area contributed by atoms with Gasteiger partial charge in [0.05, 0.1) is 23.0 Å². The van der Waals surface area contributed by atoms with Gasteiger partial charge in [0.2, 0.25) is 0 Å². The fourth-order valence-electron chi connectivity index (χ4n) is 3.60. The summed E-state index contributed by atoms with van der Waals surface area (Å²) >= 11 is 6.41. The van der Waals surface area contributed by atoms with Crippen molar-refractivity contribution >= 4 is 11.6 Å². The third-order valence-corrected chi connectivity index (χ3v) is 5.25. The number of hydrogen-bond donors (Lipinski definition) is 1. The van der Waals surface area contributed by atoms with Gasteiger partial charge in [0.1, 0.15) is 0 Å². The second-order valence-corrected chi connectivity index (χ2v) is 6.47. The van der Waals surface area contributed by atoms with Crippen molar-refractivity contribution in [2.45, 2.75) is 38.0 Å². The van der Waals surface area contributed by atoms with Gasteiger partial charge in [0.25, 0.3) is 0 Å². The van der Waals surface area contributed by atoms with Gasteiger partial charge in [0, 0.05) is 18.9 Å². The number of nitrogens with zero attached hydrogens (tertiary/aromatic N) is 2. The molecule has 0 fully saturated rings. The first kappa shape index (κ1) is 14.6. The number of hydrogen-bond acceptors (Lipinski definition) is 2. The maximum Gasteiger partial charge on any atom is 0.0847 e. The fourth-order valence-corrected chi connectivity index (χ4v) is 3.83. The monoisotopic (exact) mass is 304 g/mol. The van der Waals surface area contributed by atoms with Gasteiger partial charge < -0.3 is 5.11 Å². The van der Waals surface area contributed by atoms with Gasteiger partial charge in [-0.3, -0.25) is 4.68 Å². The van der Waals surface area contributed by atoms with Crippen LogP contribution in [0.1, 0.15) is 35.4 Å². The van der Waals surface area contributed by atoms with E-state index in [9.17, 15) is 5.11 Å². The third kappa shape index (κ3) is 2.39. The highest BCUT2D eigenvalue weighted by atomic mass is 35.5. The van der Waals surface area contributed by atoms with E-state index in [0.29, 0.717) is 0 Å². The molecular formula is C17H21ClN2O. The summed E-state index contributed by atoms with van der Waals surface area (Å²) in [6.45, 7) is 2.07. The molecule has 1 N–H and O–H groups in total. The summed E-state index contributed by atoms with van der Waals surface area (Å²) < 4.78 is 1.85. The molecule has 1 atom stereocenters. The van der Waals surface area contributed by atoms with Crippen LogP contribution in [-0.4, -0.2) is 21.5 Å². The lowest BCUT2D eigenvalue weighted by atomic mass is 9.68. The normalized spacial score (nSPS) is 21.3. The molecule has 0 radical (unpaired) electrons. The zero-order valence-electron chi connectivity index (χ0n) is 12.6. The summed E-state index contributed by atoms with van der Waals surface area (Å²) in [5.74, 6) is 0.